The van der Waals surface area contributed by atoms with Crippen molar-refractivity contribution in [2.45, 2.75) is 84.8 Å². The molecule has 2 atom stereocenters. The number of benzene rings is 3. The average molecular weight is 669 g/mol. The number of hydrogen-bond donors (Lipinski definition) is 6. The molecule has 3 aromatic carbocycles. The second-order valence-electron chi connectivity index (χ2n) is 12.6. The Morgan fingerprint density at radius 2 is 1.60 bits per heavy atom. The van der Waals surface area contributed by atoms with E-state index in [0.717, 1.165) is 35.5 Å². The highest BCUT2D eigenvalue weighted by atomic mass is 32.3. The van der Waals surface area contributed by atoms with Gasteiger partial charge < -0.3 is 30.5 Å². The summed E-state index contributed by atoms with van der Waals surface area (Å²) < 4.78 is 35.1. The summed E-state index contributed by atoms with van der Waals surface area (Å²) in [6.45, 7) is 11.7. The van der Waals surface area contributed by atoms with Crippen molar-refractivity contribution in [2.75, 3.05) is 35.0 Å². The van der Waals surface area contributed by atoms with Crippen molar-refractivity contribution in [3.63, 3.8) is 0 Å². The molecule has 4 rings (SSSR count). The van der Waals surface area contributed by atoms with Crippen LogP contribution in [0.25, 0.3) is 0 Å². The van der Waals surface area contributed by atoms with E-state index >= 15 is 0 Å². The zero-order valence-electron chi connectivity index (χ0n) is 28.2. The standard InChI is InChI=1S/C36H52N4O6S/c1-6-38-30-19-29(20-31(21-30)40-14-10-11-15-47(40,43)44)36(42)39-34(18-27-12-8-7-9-13-27)35(41)24-37-23-28-16-32(45-25(2)3)22-33(17-28)46-26(4)5/h7-9,12-13,16-17,19-22,25-26,34-35,37-38,41,43-44H,6,10-11,14-15,18,23-24H2,1-5H3,(H,39,42)/t34-,35-/m0/s1. The molecule has 0 aliphatic carbocycles. The lowest BCUT2D eigenvalue weighted by Gasteiger charge is -2.47. The van der Waals surface area contributed by atoms with Crippen molar-refractivity contribution in [3.05, 3.63) is 83.4 Å². The van der Waals surface area contributed by atoms with Gasteiger partial charge in [-0.2, -0.15) is 0 Å². The van der Waals surface area contributed by atoms with Crippen molar-refractivity contribution >= 4 is 28.1 Å². The summed E-state index contributed by atoms with van der Waals surface area (Å²) in [5.41, 5.74) is 3.60. The van der Waals surface area contributed by atoms with E-state index < -0.39 is 22.9 Å². The first-order valence-electron chi connectivity index (χ1n) is 16.6. The predicted octanol–water partition coefficient (Wildman–Crippen LogP) is 6.45. The fourth-order valence-corrected chi connectivity index (χ4v) is 7.30. The van der Waals surface area contributed by atoms with Gasteiger partial charge in [-0.05, 0) is 95.3 Å². The van der Waals surface area contributed by atoms with Crippen molar-refractivity contribution < 1.29 is 28.5 Å². The highest BCUT2D eigenvalue weighted by Gasteiger charge is 2.29. The second-order valence-corrected chi connectivity index (χ2v) is 14.7. The Balaban J connectivity index is 1.52. The Kier molecular flexibility index (Phi) is 13.2. The van der Waals surface area contributed by atoms with Gasteiger partial charge in [0.05, 0.1) is 35.8 Å². The molecule has 6 N–H and O–H groups in total. The molecule has 0 saturated carbocycles. The van der Waals surface area contributed by atoms with Crippen LogP contribution in [0.5, 0.6) is 11.5 Å². The van der Waals surface area contributed by atoms with Crippen LogP contribution in [0.15, 0.2) is 66.7 Å². The lowest BCUT2D eigenvalue weighted by atomic mass is 10.00. The third kappa shape index (κ3) is 11.0. The minimum absolute atomic E-state index is 0.0136. The Bertz CT molecular complexity index is 1410. The van der Waals surface area contributed by atoms with Gasteiger partial charge in [-0.1, -0.05) is 30.3 Å². The number of ether oxygens (including phenoxy) is 2. The number of nitrogens with zero attached hydrogens (tertiary/aromatic N) is 1. The molecule has 1 heterocycles. The van der Waals surface area contributed by atoms with Crippen LogP contribution in [0.1, 0.15) is 68.9 Å². The molecule has 0 spiro atoms. The molecule has 258 valence electrons. The van der Waals surface area contributed by atoms with E-state index in [2.05, 4.69) is 16.0 Å². The minimum Gasteiger partial charge on any atom is -0.491 e. The fraction of sp³-hybridized carbons (Fsp3) is 0.472. The number of aliphatic hydroxyl groups excluding tert-OH is 1. The van der Waals surface area contributed by atoms with Crippen molar-refractivity contribution in [1.82, 2.24) is 10.6 Å². The molecule has 3 aromatic rings. The maximum atomic E-state index is 13.8. The van der Waals surface area contributed by atoms with Crippen molar-refractivity contribution in [2.24, 2.45) is 0 Å². The lowest BCUT2D eigenvalue weighted by molar-refractivity contribution is 0.0830. The molecule has 10 nitrogen and oxygen atoms in total. The molecule has 0 bridgehead atoms. The highest BCUT2D eigenvalue weighted by molar-refractivity contribution is 8.25. The van der Waals surface area contributed by atoms with Crippen LogP contribution in [0.3, 0.4) is 0 Å². The molecule has 1 aliphatic rings. The van der Waals surface area contributed by atoms with Gasteiger partial charge >= 0.3 is 0 Å². The fourth-order valence-electron chi connectivity index (χ4n) is 5.62. The number of anilines is 2. The van der Waals surface area contributed by atoms with Crippen LogP contribution < -0.4 is 29.7 Å². The van der Waals surface area contributed by atoms with Crippen LogP contribution in [0, 0.1) is 0 Å². The van der Waals surface area contributed by atoms with E-state index in [1.165, 1.54) is 0 Å². The summed E-state index contributed by atoms with van der Waals surface area (Å²) in [4.78, 5) is 13.8. The number of rotatable bonds is 16. The Morgan fingerprint density at radius 3 is 2.21 bits per heavy atom. The summed E-state index contributed by atoms with van der Waals surface area (Å²) in [6.07, 6.45) is 1.12. The van der Waals surface area contributed by atoms with Crippen LogP contribution in [0.2, 0.25) is 0 Å². The zero-order chi connectivity index (χ0) is 34.0. The molecule has 47 heavy (non-hydrogen) atoms. The highest BCUT2D eigenvalue weighted by Crippen LogP contribution is 2.50. The normalized spacial score (nSPS) is 16.4. The number of amides is 1. The summed E-state index contributed by atoms with van der Waals surface area (Å²) in [6, 6.07) is 20.3. The first-order chi connectivity index (χ1) is 22.4. The van der Waals surface area contributed by atoms with E-state index in [-0.39, 0.29) is 24.7 Å². The summed E-state index contributed by atoms with van der Waals surface area (Å²) in [7, 11) is -2.97. The minimum atomic E-state index is -2.97. The largest absolute Gasteiger partial charge is 0.491 e. The molecule has 1 amide bonds. The Morgan fingerprint density at radius 1 is 0.915 bits per heavy atom. The van der Waals surface area contributed by atoms with E-state index in [1.807, 2.05) is 89.2 Å². The van der Waals surface area contributed by atoms with E-state index in [4.69, 9.17) is 9.47 Å². The molecule has 0 radical (unpaired) electrons. The van der Waals surface area contributed by atoms with Crippen LogP contribution >= 0.6 is 10.8 Å². The van der Waals surface area contributed by atoms with E-state index in [9.17, 15) is 19.0 Å². The maximum absolute atomic E-state index is 13.8. The molecular weight excluding hydrogens is 616 g/mol. The predicted molar refractivity (Wildman–Crippen MR) is 192 cm³/mol. The monoisotopic (exact) mass is 668 g/mol. The maximum Gasteiger partial charge on any atom is 0.251 e. The third-order valence-electron chi connectivity index (χ3n) is 7.68. The topological polar surface area (TPSA) is 136 Å². The van der Waals surface area contributed by atoms with Crippen LogP contribution in [-0.4, -0.2) is 69.9 Å². The quantitative estimate of drug-likeness (QED) is 0.102. The van der Waals surface area contributed by atoms with Gasteiger partial charge in [0.25, 0.3) is 5.91 Å². The van der Waals surface area contributed by atoms with Gasteiger partial charge in [-0.15, -0.1) is 10.8 Å². The third-order valence-corrected chi connectivity index (χ3v) is 9.61. The first-order valence-corrected chi connectivity index (χ1v) is 18.2. The average Bonchev–Trinajstić information content (AvgIpc) is 3.00. The van der Waals surface area contributed by atoms with Gasteiger partial charge in [-0.3, -0.25) is 18.2 Å². The van der Waals surface area contributed by atoms with Gasteiger partial charge in [0.1, 0.15) is 11.5 Å². The van der Waals surface area contributed by atoms with Gasteiger partial charge in [0, 0.05) is 43.5 Å². The lowest BCUT2D eigenvalue weighted by Crippen LogP contribution is -2.48. The number of hydrogen-bond acceptors (Lipinski definition) is 9. The number of aliphatic hydroxyl groups is 1. The van der Waals surface area contributed by atoms with Crippen molar-refractivity contribution in [1.29, 1.82) is 0 Å². The van der Waals surface area contributed by atoms with E-state index in [0.29, 0.717) is 48.7 Å². The smallest absolute Gasteiger partial charge is 0.251 e. The SMILES string of the molecule is CCNc1cc(C(=O)N[C@@H](Cc2ccccc2)[C@@H](O)CNCc2cc(OC(C)C)cc(OC(C)C)c2)cc(N2CCCCS2(O)O)c1. The number of carbonyl (C=O) groups is 1. The molecule has 0 unspecified atom stereocenters. The zero-order valence-corrected chi connectivity index (χ0v) is 29.1. The molecule has 1 fully saturated rings. The van der Waals surface area contributed by atoms with Gasteiger partial charge in [0.2, 0.25) is 0 Å². The number of nitrogens with one attached hydrogen (secondary N) is 3. The van der Waals surface area contributed by atoms with Gasteiger partial charge in [0.15, 0.2) is 0 Å². The Labute approximate surface area is 281 Å². The van der Waals surface area contributed by atoms with Gasteiger partial charge in [-0.25, -0.2) is 0 Å². The molecule has 11 heteroatoms. The molecule has 1 aliphatic heterocycles. The summed E-state index contributed by atoms with van der Waals surface area (Å²) in [5, 5.41) is 21.1. The summed E-state index contributed by atoms with van der Waals surface area (Å²) >= 11 is 0. The summed E-state index contributed by atoms with van der Waals surface area (Å²) in [5.74, 6) is 1.39. The van der Waals surface area contributed by atoms with Crippen LogP contribution in [0.4, 0.5) is 11.4 Å². The molecule has 1 saturated heterocycles. The first kappa shape index (κ1) is 36.4. The van der Waals surface area contributed by atoms with Crippen molar-refractivity contribution in [3.8, 4) is 11.5 Å². The van der Waals surface area contributed by atoms with Crippen LogP contribution in [-0.2, 0) is 13.0 Å². The molecule has 0 aromatic heterocycles. The Hall–Kier alpha value is -3.48. The molecular formula is C36H52N4O6S. The second kappa shape index (κ2) is 17.1. The number of carbonyl (C=O) groups excluding carboxylic acids is 1. The van der Waals surface area contributed by atoms with E-state index in [1.54, 1.807) is 16.4 Å².